The Morgan fingerprint density at radius 1 is 1.05 bits per heavy atom. The Kier molecular flexibility index (Phi) is 3.34. The van der Waals surface area contributed by atoms with E-state index in [1.807, 2.05) is 19.2 Å². The summed E-state index contributed by atoms with van der Waals surface area (Å²) < 4.78 is 26.8. The monoisotopic (exact) mass is 281 g/mol. The molecule has 2 heterocycles. The van der Waals surface area contributed by atoms with Crippen LogP contribution in [-0.4, -0.2) is 50.8 Å². The van der Waals surface area contributed by atoms with E-state index in [1.165, 1.54) is 5.56 Å². The van der Waals surface area contributed by atoms with Gasteiger partial charge >= 0.3 is 0 Å². The van der Waals surface area contributed by atoms with Crippen molar-refractivity contribution in [2.24, 2.45) is 0 Å². The molecule has 0 amide bonds. The van der Waals surface area contributed by atoms with Crippen LogP contribution >= 0.6 is 0 Å². The van der Waals surface area contributed by atoms with E-state index in [1.54, 1.807) is 10.4 Å². The van der Waals surface area contributed by atoms with Crippen molar-refractivity contribution >= 4 is 10.0 Å². The number of sulfonamides is 1. The molecule has 1 N–H and O–H groups in total. The fourth-order valence-corrected chi connectivity index (χ4v) is 4.08. The summed E-state index contributed by atoms with van der Waals surface area (Å²) in [5.41, 5.74) is 2.31. The molecule has 0 unspecified atom stereocenters. The van der Waals surface area contributed by atoms with E-state index in [0.29, 0.717) is 18.0 Å². The fourth-order valence-electron chi connectivity index (χ4n) is 2.61. The maximum atomic E-state index is 12.6. The highest BCUT2D eigenvalue weighted by Gasteiger charge is 2.28. The van der Waals surface area contributed by atoms with Crippen LogP contribution in [0.5, 0.6) is 0 Å². The van der Waals surface area contributed by atoms with Gasteiger partial charge in [0.25, 0.3) is 0 Å². The zero-order valence-corrected chi connectivity index (χ0v) is 11.9. The molecular weight excluding hydrogens is 262 g/mol. The molecule has 0 radical (unpaired) electrons. The van der Waals surface area contributed by atoms with E-state index in [-0.39, 0.29) is 0 Å². The molecule has 5 nitrogen and oxygen atoms in total. The molecule has 1 aromatic carbocycles. The maximum absolute atomic E-state index is 12.6. The molecule has 104 valence electrons. The Morgan fingerprint density at radius 2 is 1.74 bits per heavy atom. The number of likely N-dealkylation sites (N-methyl/N-ethyl adjacent to an activating group) is 1. The zero-order valence-electron chi connectivity index (χ0n) is 11.1. The minimum absolute atomic E-state index is 0.430. The molecule has 0 saturated carbocycles. The second-order valence-electron chi connectivity index (χ2n) is 5.24. The second kappa shape index (κ2) is 4.86. The number of rotatable bonds is 2. The Morgan fingerprint density at radius 3 is 2.47 bits per heavy atom. The van der Waals surface area contributed by atoms with Crippen molar-refractivity contribution in [1.29, 1.82) is 0 Å². The van der Waals surface area contributed by atoms with Crippen LogP contribution in [0.4, 0.5) is 0 Å². The third-order valence-corrected chi connectivity index (χ3v) is 5.80. The molecule has 0 atom stereocenters. The number of nitrogens with one attached hydrogen (secondary N) is 1. The quantitative estimate of drug-likeness (QED) is 0.843. The normalized spacial score (nSPS) is 21.5. The maximum Gasteiger partial charge on any atom is 0.243 e. The largest absolute Gasteiger partial charge is 0.309 e. The highest BCUT2D eigenvalue weighted by Crippen LogP contribution is 2.23. The molecule has 2 aliphatic heterocycles. The van der Waals surface area contributed by atoms with Crippen molar-refractivity contribution in [2.75, 3.05) is 33.2 Å². The molecule has 1 aromatic rings. The lowest BCUT2D eigenvalue weighted by Gasteiger charge is -2.31. The number of nitrogens with zero attached hydrogens (tertiary/aromatic N) is 2. The SMILES string of the molecule is CN1CCN(S(=O)(=O)c2ccc3c(c2)CNC3)CC1. The van der Waals surface area contributed by atoms with Gasteiger partial charge < -0.3 is 10.2 Å². The van der Waals surface area contributed by atoms with Crippen LogP contribution in [0.15, 0.2) is 23.1 Å². The van der Waals surface area contributed by atoms with Crippen molar-refractivity contribution in [2.45, 2.75) is 18.0 Å². The summed E-state index contributed by atoms with van der Waals surface area (Å²) in [5.74, 6) is 0. The first-order chi connectivity index (χ1) is 9.07. The highest BCUT2D eigenvalue weighted by molar-refractivity contribution is 7.89. The second-order valence-corrected chi connectivity index (χ2v) is 7.18. The van der Waals surface area contributed by atoms with Crippen molar-refractivity contribution in [1.82, 2.24) is 14.5 Å². The van der Waals surface area contributed by atoms with Gasteiger partial charge in [0.1, 0.15) is 0 Å². The van der Waals surface area contributed by atoms with Crippen LogP contribution in [-0.2, 0) is 23.1 Å². The molecule has 0 spiro atoms. The summed E-state index contributed by atoms with van der Waals surface area (Å²) in [6, 6.07) is 5.49. The van der Waals surface area contributed by atoms with E-state index in [4.69, 9.17) is 0 Å². The van der Waals surface area contributed by atoms with Crippen LogP contribution in [0.25, 0.3) is 0 Å². The van der Waals surface area contributed by atoms with E-state index < -0.39 is 10.0 Å². The molecule has 0 aliphatic carbocycles. The Hall–Kier alpha value is -0.950. The van der Waals surface area contributed by atoms with E-state index in [0.717, 1.165) is 31.7 Å². The van der Waals surface area contributed by atoms with Gasteiger partial charge in [-0.1, -0.05) is 6.07 Å². The van der Waals surface area contributed by atoms with Gasteiger partial charge in [-0.2, -0.15) is 4.31 Å². The first-order valence-electron chi connectivity index (χ1n) is 6.58. The molecule has 1 saturated heterocycles. The van der Waals surface area contributed by atoms with Crippen LogP contribution in [0, 0.1) is 0 Å². The Labute approximate surface area is 114 Å². The van der Waals surface area contributed by atoms with Crippen molar-refractivity contribution in [3.63, 3.8) is 0 Å². The summed E-state index contributed by atoms with van der Waals surface area (Å²) in [6.07, 6.45) is 0. The smallest absolute Gasteiger partial charge is 0.243 e. The third kappa shape index (κ3) is 2.41. The summed E-state index contributed by atoms with van der Waals surface area (Å²) in [6.45, 7) is 4.35. The average Bonchev–Trinajstić information content (AvgIpc) is 2.86. The zero-order chi connectivity index (χ0) is 13.5. The summed E-state index contributed by atoms with van der Waals surface area (Å²) >= 11 is 0. The molecule has 19 heavy (non-hydrogen) atoms. The lowest BCUT2D eigenvalue weighted by molar-refractivity contribution is 0.222. The van der Waals surface area contributed by atoms with Gasteiger partial charge in [0, 0.05) is 39.3 Å². The van der Waals surface area contributed by atoms with Crippen LogP contribution in [0.3, 0.4) is 0 Å². The third-order valence-electron chi connectivity index (χ3n) is 3.91. The van der Waals surface area contributed by atoms with Gasteiger partial charge in [-0.25, -0.2) is 8.42 Å². The standard InChI is InChI=1S/C13H19N3O2S/c1-15-4-6-16(7-5-15)19(17,18)13-3-2-11-9-14-10-12(11)8-13/h2-3,8,14H,4-7,9-10H2,1H3. The molecule has 0 aromatic heterocycles. The van der Waals surface area contributed by atoms with Crippen LogP contribution in [0.1, 0.15) is 11.1 Å². The number of fused-ring (bicyclic) bond motifs is 1. The minimum Gasteiger partial charge on any atom is -0.309 e. The van der Waals surface area contributed by atoms with Crippen LogP contribution < -0.4 is 5.32 Å². The fraction of sp³-hybridized carbons (Fsp3) is 0.538. The minimum atomic E-state index is -3.33. The average molecular weight is 281 g/mol. The van der Waals surface area contributed by atoms with Crippen molar-refractivity contribution in [3.8, 4) is 0 Å². The number of hydrogen-bond donors (Lipinski definition) is 1. The molecule has 3 rings (SSSR count). The molecule has 1 fully saturated rings. The lowest BCUT2D eigenvalue weighted by atomic mass is 10.1. The summed E-state index contributed by atoms with van der Waals surface area (Å²) in [5, 5.41) is 3.24. The summed E-state index contributed by atoms with van der Waals surface area (Å²) in [4.78, 5) is 2.58. The van der Waals surface area contributed by atoms with Gasteiger partial charge in [-0.05, 0) is 30.3 Å². The van der Waals surface area contributed by atoms with E-state index in [9.17, 15) is 8.42 Å². The van der Waals surface area contributed by atoms with Gasteiger partial charge in [0.15, 0.2) is 0 Å². The Bertz CT molecular complexity index is 578. The Balaban J connectivity index is 1.88. The van der Waals surface area contributed by atoms with E-state index in [2.05, 4.69) is 10.2 Å². The van der Waals surface area contributed by atoms with Gasteiger partial charge in [0.05, 0.1) is 4.90 Å². The number of hydrogen-bond acceptors (Lipinski definition) is 4. The van der Waals surface area contributed by atoms with Crippen LogP contribution in [0.2, 0.25) is 0 Å². The first-order valence-corrected chi connectivity index (χ1v) is 8.02. The molecule has 6 heteroatoms. The number of piperazine rings is 1. The lowest BCUT2D eigenvalue weighted by Crippen LogP contribution is -2.47. The predicted octanol–water partition coefficient (Wildman–Crippen LogP) is 0.226. The van der Waals surface area contributed by atoms with Gasteiger partial charge in [-0.15, -0.1) is 0 Å². The van der Waals surface area contributed by atoms with Gasteiger partial charge in [0.2, 0.25) is 10.0 Å². The molecule has 2 aliphatic rings. The predicted molar refractivity (Wildman–Crippen MR) is 73.2 cm³/mol. The highest BCUT2D eigenvalue weighted by atomic mass is 32.2. The molecular formula is C13H19N3O2S. The van der Waals surface area contributed by atoms with E-state index >= 15 is 0 Å². The van der Waals surface area contributed by atoms with Crippen molar-refractivity contribution < 1.29 is 8.42 Å². The van der Waals surface area contributed by atoms with Crippen molar-refractivity contribution in [3.05, 3.63) is 29.3 Å². The van der Waals surface area contributed by atoms with Gasteiger partial charge in [-0.3, -0.25) is 0 Å². The summed E-state index contributed by atoms with van der Waals surface area (Å²) in [7, 11) is -1.31. The first kappa shape index (κ1) is 13.1. The molecule has 0 bridgehead atoms. The number of benzene rings is 1. The topological polar surface area (TPSA) is 52.7 Å².